The van der Waals surface area contributed by atoms with Crippen LogP contribution >= 0.6 is 15.9 Å². The highest BCUT2D eigenvalue weighted by Gasteiger charge is 2.28. The van der Waals surface area contributed by atoms with Crippen LogP contribution in [-0.2, 0) is 11.2 Å². The highest BCUT2D eigenvalue weighted by atomic mass is 79.9. The summed E-state index contributed by atoms with van der Waals surface area (Å²) in [5.74, 6) is -0.911. The minimum Gasteiger partial charge on any atom is -0.481 e. The maximum atomic E-state index is 12.1. The fraction of sp³-hybridized carbons (Fsp3) is 0.429. The van der Waals surface area contributed by atoms with Crippen molar-refractivity contribution >= 4 is 27.9 Å². The van der Waals surface area contributed by atoms with E-state index < -0.39 is 5.97 Å². The first-order valence-electron chi connectivity index (χ1n) is 6.54. The molecule has 1 heterocycles. The Morgan fingerprint density at radius 1 is 1.50 bits per heavy atom. The number of hydrogen-bond donors (Lipinski definition) is 2. The van der Waals surface area contributed by atoms with Gasteiger partial charge in [0.2, 0.25) is 0 Å². The standard InChI is InChI=1S/C14H17BrN2O3/c1-9-10-3-2-4-12(15)11(10)6-8-17(9)14(20)16-7-5-13(18)19/h2-4,9H,5-8H2,1H3,(H,16,20)(H,18,19). The van der Waals surface area contributed by atoms with Crippen LogP contribution in [0.4, 0.5) is 4.79 Å². The van der Waals surface area contributed by atoms with Crippen molar-refractivity contribution in [1.82, 2.24) is 10.2 Å². The molecule has 0 radical (unpaired) electrons. The number of hydrogen-bond acceptors (Lipinski definition) is 2. The van der Waals surface area contributed by atoms with Crippen molar-refractivity contribution in [2.45, 2.75) is 25.8 Å². The van der Waals surface area contributed by atoms with E-state index in [0.29, 0.717) is 6.54 Å². The number of urea groups is 1. The number of amides is 2. The molecule has 0 spiro atoms. The van der Waals surface area contributed by atoms with Crippen molar-refractivity contribution in [3.05, 3.63) is 33.8 Å². The lowest BCUT2D eigenvalue weighted by molar-refractivity contribution is -0.136. The van der Waals surface area contributed by atoms with Gasteiger partial charge in [0.1, 0.15) is 0 Å². The third-order valence-corrected chi connectivity index (χ3v) is 4.29. The van der Waals surface area contributed by atoms with Gasteiger partial charge in [0, 0.05) is 17.6 Å². The van der Waals surface area contributed by atoms with Crippen molar-refractivity contribution in [3.8, 4) is 0 Å². The topological polar surface area (TPSA) is 69.6 Å². The monoisotopic (exact) mass is 340 g/mol. The first-order chi connectivity index (χ1) is 9.50. The van der Waals surface area contributed by atoms with Crippen LogP contribution in [0, 0.1) is 0 Å². The maximum Gasteiger partial charge on any atom is 0.317 e. The molecule has 1 aliphatic rings. The summed E-state index contributed by atoms with van der Waals surface area (Å²) < 4.78 is 1.08. The number of aliphatic carboxylic acids is 1. The zero-order valence-corrected chi connectivity index (χ0v) is 12.8. The number of halogens is 1. The summed E-state index contributed by atoms with van der Waals surface area (Å²) in [7, 11) is 0. The first kappa shape index (κ1) is 14.8. The quantitative estimate of drug-likeness (QED) is 0.888. The summed E-state index contributed by atoms with van der Waals surface area (Å²) in [6.07, 6.45) is 0.740. The van der Waals surface area contributed by atoms with Gasteiger partial charge < -0.3 is 15.3 Å². The third kappa shape index (κ3) is 3.12. The molecule has 2 rings (SSSR count). The molecule has 0 saturated heterocycles. The minimum atomic E-state index is -0.911. The number of nitrogens with one attached hydrogen (secondary N) is 1. The molecule has 1 aromatic carbocycles. The molecule has 5 nitrogen and oxygen atoms in total. The number of carboxylic acids is 1. The summed E-state index contributed by atoms with van der Waals surface area (Å²) in [5.41, 5.74) is 2.38. The summed E-state index contributed by atoms with van der Waals surface area (Å²) in [5, 5.41) is 11.2. The van der Waals surface area contributed by atoms with Gasteiger partial charge in [-0.3, -0.25) is 4.79 Å². The Morgan fingerprint density at radius 2 is 2.25 bits per heavy atom. The molecule has 1 aromatic rings. The fourth-order valence-electron chi connectivity index (χ4n) is 2.48. The Morgan fingerprint density at radius 3 is 2.95 bits per heavy atom. The molecular formula is C14H17BrN2O3. The fourth-order valence-corrected chi connectivity index (χ4v) is 3.06. The molecule has 2 amide bonds. The molecule has 1 aliphatic heterocycles. The number of benzene rings is 1. The highest BCUT2D eigenvalue weighted by Crippen LogP contribution is 2.33. The van der Waals surface area contributed by atoms with Gasteiger partial charge in [0.05, 0.1) is 12.5 Å². The van der Waals surface area contributed by atoms with E-state index in [1.54, 1.807) is 4.90 Å². The third-order valence-electron chi connectivity index (χ3n) is 3.55. The Hall–Kier alpha value is -1.56. The SMILES string of the molecule is CC1c2cccc(Br)c2CCN1C(=O)NCCC(=O)O. The van der Waals surface area contributed by atoms with Gasteiger partial charge in [-0.15, -0.1) is 0 Å². The van der Waals surface area contributed by atoms with Gasteiger partial charge in [-0.2, -0.15) is 0 Å². The van der Waals surface area contributed by atoms with Crippen LogP contribution < -0.4 is 5.32 Å². The lowest BCUT2D eigenvalue weighted by Gasteiger charge is -2.35. The molecule has 20 heavy (non-hydrogen) atoms. The van der Waals surface area contributed by atoms with E-state index in [4.69, 9.17) is 5.11 Å². The largest absolute Gasteiger partial charge is 0.481 e. The van der Waals surface area contributed by atoms with E-state index in [9.17, 15) is 9.59 Å². The lowest BCUT2D eigenvalue weighted by atomic mass is 9.94. The van der Waals surface area contributed by atoms with E-state index >= 15 is 0 Å². The average molecular weight is 341 g/mol. The van der Waals surface area contributed by atoms with Crippen molar-refractivity contribution in [2.75, 3.05) is 13.1 Å². The lowest BCUT2D eigenvalue weighted by Crippen LogP contribution is -2.45. The smallest absolute Gasteiger partial charge is 0.317 e. The number of carbonyl (C=O) groups is 2. The molecule has 1 unspecified atom stereocenters. The number of rotatable bonds is 3. The van der Waals surface area contributed by atoms with Crippen LogP contribution in [0.15, 0.2) is 22.7 Å². The second kappa shape index (κ2) is 6.26. The number of nitrogens with zero attached hydrogens (tertiary/aromatic N) is 1. The van der Waals surface area contributed by atoms with Crippen LogP contribution in [0.3, 0.4) is 0 Å². The molecule has 0 bridgehead atoms. The van der Waals surface area contributed by atoms with E-state index in [2.05, 4.69) is 21.2 Å². The number of carbonyl (C=O) groups excluding carboxylic acids is 1. The predicted molar refractivity (Wildman–Crippen MR) is 78.6 cm³/mol. The van der Waals surface area contributed by atoms with Gasteiger partial charge >= 0.3 is 12.0 Å². The molecule has 0 aromatic heterocycles. The van der Waals surface area contributed by atoms with Crippen molar-refractivity contribution < 1.29 is 14.7 Å². The van der Waals surface area contributed by atoms with E-state index in [1.165, 1.54) is 5.56 Å². The molecule has 0 aliphatic carbocycles. The summed E-state index contributed by atoms with van der Waals surface area (Å²) >= 11 is 3.54. The van der Waals surface area contributed by atoms with Gasteiger partial charge in [-0.05, 0) is 30.5 Å². The molecule has 0 saturated carbocycles. The van der Waals surface area contributed by atoms with Gasteiger partial charge in [0.15, 0.2) is 0 Å². The van der Waals surface area contributed by atoms with Crippen molar-refractivity contribution in [1.29, 1.82) is 0 Å². The van der Waals surface area contributed by atoms with Crippen LogP contribution in [0.2, 0.25) is 0 Å². The summed E-state index contributed by atoms with van der Waals surface area (Å²) in [6, 6.07) is 5.78. The van der Waals surface area contributed by atoms with Gasteiger partial charge in [-0.1, -0.05) is 28.1 Å². The van der Waals surface area contributed by atoms with E-state index in [-0.39, 0.29) is 25.0 Å². The Bertz CT molecular complexity index is 533. The second-order valence-electron chi connectivity index (χ2n) is 4.80. The molecule has 6 heteroatoms. The van der Waals surface area contributed by atoms with Crippen LogP contribution in [0.25, 0.3) is 0 Å². The Kier molecular flexibility index (Phi) is 4.65. The zero-order valence-electron chi connectivity index (χ0n) is 11.2. The van der Waals surface area contributed by atoms with E-state index in [1.807, 2.05) is 25.1 Å². The van der Waals surface area contributed by atoms with E-state index in [0.717, 1.165) is 16.5 Å². The summed E-state index contributed by atoms with van der Waals surface area (Å²) in [6.45, 7) is 2.78. The Balaban J connectivity index is 2.05. The summed E-state index contributed by atoms with van der Waals surface area (Å²) in [4.78, 5) is 24.3. The minimum absolute atomic E-state index is 0.0129. The first-order valence-corrected chi connectivity index (χ1v) is 7.33. The molecule has 1 atom stereocenters. The highest BCUT2D eigenvalue weighted by molar-refractivity contribution is 9.10. The average Bonchev–Trinajstić information content (AvgIpc) is 2.39. The number of carboxylic acid groups (broad SMARTS) is 1. The molecule has 108 valence electrons. The van der Waals surface area contributed by atoms with Crippen LogP contribution in [-0.4, -0.2) is 35.1 Å². The Labute approximate surface area is 126 Å². The van der Waals surface area contributed by atoms with Gasteiger partial charge in [-0.25, -0.2) is 4.79 Å². The van der Waals surface area contributed by atoms with Gasteiger partial charge in [0.25, 0.3) is 0 Å². The predicted octanol–water partition coefficient (Wildman–Crippen LogP) is 2.55. The number of fused-ring (bicyclic) bond motifs is 1. The maximum absolute atomic E-state index is 12.1. The van der Waals surface area contributed by atoms with Crippen LogP contribution in [0.5, 0.6) is 0 Å². The normalized spacial score (nSPS) is 17.5. The van der Waals surface area contributed by atoms with Crippen molar-refractivity contribution in [2.24, 2.45) is 0 Å². The molecule has 2 N–H and O–H groups in total. The zero-order chi connectivity index (χ0) is 14.7. The second-order valence-corrected chi connectivity index (χ2v) is 5.66. The van der Waals surface area contributed by atoms with Crippen LogP contribution in [0.1, 0.15) is 30.5 Å². The molecule has 0 fully saturated rings. The molecular weight excluding hydrogens is 324 g/mol. The van der Waals surface area contributed by atoms with Crippen molar-refractivity contribution in [3.63, 3.8) is 0 Å².